The highest BCUT2D eigenvalue weighted by molar-refractivity contribution is 5.90. The van der Waals surface area contributed by atoms with Crippen molar-refractivity contribution >= 4 is 5.97 Å². The molecule has 0 saturated carbocycles. The van der Waals surface area contributed by atoms with E-state index < -0.39 is 5.97 Å². The third-order valence-corrected chi connectivity index (χ3v) is 2.99. The zero-order chi connectivity index (χ0) is 15.2. The molecule has 2 aromatic carbocycles. The van der Waals surface area contributed by atoms with Crippen LogP contribution in [0.25, 0.3) is 0 Å². The highest BCUT2D eigenvalue weighted by atomic mass is 16.5. The van der Waals surface area contributed by atoms with Crippen LogP contribution in [-0.2, 0) is 6.61 Å². The van der Waals surface area contributed by atoms with Gasteiger partial charge in [0.2, 0.25) is 0 Å². The second-order valence-corrected chi connectivity index (χ2v) is 4.24. The largest absolute Gasteiger partial charge is 0.493 e. The predicted molar refractivity (Wildman–Crippen MR) is 77.3 cm³/mol. The van der Waals surface area contributed by atoms with Crippen molar-refractivity contribution in [3.8, 4) is 17.2 Å². The van der Waals surface area contributed by atoms with Gasteiger partial charge in [0.25, 0.3) is 0 Å². The lowest BCUT2D eigenvalue weighted by molar-refractivity contribution is 0.0691. The number of methoxy groups -OCH3 is 2. The summed E-state index contributed by atoms with van der Waals surface area (Å²) >= 11 is 0. The first-order valence-corrected chi connectivity index (χ1v) is 6.32. The third kappa shape index (κ3) is 3.25. The maximum absolute atomic E-state index is 11.1. The molecule has 0 spiro atoms. The molecule has 2 aromatic rings. The quantitative estimate of drug-likeness (QED) is 0.885. The number of hydrogen-bond acceptors (Lipinski definition) is 4. The summed E-state index contributed by atoms with van der Waals surface area (Å²) in [6.45, 7) is 0.185. The van der Waals surface area contributed by atoms with Gasteiger partial charge >= 0.3 is 5.97 Å². The number of rotatable bonds is 6. The molecule has 5 heteroatoms. The summed E-state index contributed by atoms with van der Waals surface area (Å²) in [6.07, 6.45) is 0. The third-order valence-electron chi connectivity index (χ3n) is 2.99. The molecule has 1 N–H and O–H groups in total. The minimum Gasteiger partial charge on any atom is -0.493 e. The smallest absolute Gasteiger partial charge is 0.339 e. The molecular formula is C16H16O5. The van der Waals surface area contributed by atoms with Crippen LogP contribution in [-0.4, -0.2) is 25.3 Å². The molecule has 0 aliphatic carbocycles. The first kappa shape index (κ1) is 14.7. The molecule has 0 bridgehead atoms. The van der Waals surface area contributed by atoms with E-state index >= 15 is 0 Å². The van der Waals surface area contributed by atoms with Crippen LogP contribution in [0.4, 0.5) is 0 Å². The van der Waals surface area contributed by atoms with Crippen LogP contribution < -0.4 is 14.2 Å². The Morgan fingerprint density at radius 2 is 1.71 bits per heavy atom. The molecule has 0 heterocycles. The molecular weight excluding hydrogens is 272 g/mol. The fourth-order valence-electron chi connectivity index (χ4n) is 1.99. The molecule has 0 amide bonds. The van der Waals surface area contributed by atoms with E-state index in [9.17, 15) is 4.79 Å². The number of carboxylic acid groups (broad SMARTS) is 1. The van der Waals surface area contributed by atoms with E-state index in [2.05, 4.69) is 0 Å². The van der Waals surface area contributed by atoms with Crippen molar-refractivity contribution < 1.29 is 24.1 Å². The van der Waals surface area contributed by atoms with Gasteiger partial charge in [-0.2, -0.15) is 0 Å². The summed E-state index contributed by atoms with van der Waals surface area (Å²) in [6, 6.07) is 11.9. The minimum absolute atomic E-state index is 0.124. The summed E-state index contributed by atoms with van der Waals surface area (Å²) in [5.41, 5.74) is 0.899. The summed E-state index contributed by atoms with van der Waals surface area (Å²) < 4.78 is 16.1. The Balaban J connectivity index is 2.23. The molecule has 110 valence electrons. The number of aromatic carboxylic acids is 1. The Kier molecular flexibility index (Phi) is 4.66. The van der Waals surface area contributed by atoms with E-state index in [-0.39, 0.29) is 12.2 Å². The molecule has 0 saturated heterocycles. The second-order valence-electron chi connectivity index (χ2n) is 4.24. The van der Waals surface area contributed by atoms with Gasteiger partial charge in [-0.25, -0.2) is 4.79 Å². The highest BCUT2D eigenvalue weighted by Gasteiger charge is 2.13. The minimum atomic E-state index is -1.02. The van der Waals surface area contributed by atoms with Gasteiger partial charge in [0, 0.05) is 5.56 Å². The molecule has 2 rings (SSSR count). The topological polar surface area (TPSA) is 65.0 Å². The molecule has 5 nitrogen and oxygen atoms in total. The second kappa shape index (κ2) is 6.65. The number of para-hydroxylation sites is 2. The normalized spacial score (nSPS) is 10.0. The van der Waals surface area contributed by atoms with Crippen molar-refractivity contribution in [2.75, 3.05) is 14.2 Å². The van der Waals surface area contributed by atoms with Crippen molar-refractivity contribution in [3.63, 3.8) is 0 Å². The van der Waals surface area contributed by atoms with Crippen molar-refractivity contribution in [1.29, 1.82) is 0 Å². The first-order valence-electron chi connectivity index (χ1n) is 6.32. The van der Waals surface area contributed by atoms with E-state index in [1.54, 1.807) is 38.5 Å². The molecule has 0 aliphatic rings. The summed E-state index contributed by atoms with van der Waals surface area (Å²) in [4.78, 5) is 11.1. The van der Waals surface area contributed by atoms with Crippen molar-refractivity contribution in [3.05, 3.63) is 53.6 Å². The zero-order valence-corrected chi connectivity index (χ0v) is 11.8. The molecule has 0 unspecified atom stereocenters. The lowest BCUT2D eigenvalue weighted by atomic mass is 10.2. The van der Waals surface area contributed by atoms with E-state index in [4.69, 9.17) is 19.3 Å². The van der Waals surface area contributed by atoms with Gasteiger partial charge in [0.05, 0.1) is 14.2 Å². The average molecular weight is 288 g/mol. The highest BCUT2D eigenvalue weighted by Crippen LogP contribution is 2.31. The summed E-state index contributed by atoms with van der Waals surface area (Å²) in [5.74, 6) is 0.469. The van der Waals surface area contributed by atoms with Crippen LogP contribution in [0.1, 0.15) is 15.9 Å². The van der Waals surface area contributed by atoms with Gasteiger partial charge in [-0.1, -0.05) is 24.3 Å². The lowest BCUT2D eigenvalue weighted by Gasteiger charge is -2.14. The Morgan fingerprint density at radius 1 is 1.00 bits per heavy atom. The van der Waals surface area contributed by atoms with Crippen LogP contribution in [0.15, 0.2) is 42.5 Å². The van der Waals surface area contributed by atoms with Crippen LogP contribution in [0.2, 0.25) is 0 Å². The van der Waals surface area contributed by atoms with Gasteiger partial charge in [0.15, 0.2) is 11.5 Å². The van der Waals surface area contributed by atoms with Gasteiger partial charge in [-0.15, -0.1) is 0 Å². The zero-order valence-electron chi connectivity index (χ0n) is 11.8. The number of ether oxygens (including phenoxy) is 3. The Bertz CT molecular complexity index is 636. The molecule has 0 fully saturated rings. The van der Waals surface area contributed by atoms with E-state index in [0.29, 0.717) is 17.2 Å². The number of benzene rings is 2. The monoisotopic (exact) mass is 288 g/mol. The molecule has 0 aromatic heterocycles. The summed E-state index contributed by atoms with van der Waals surface area (Å²) in [7, 11) is 3.11. The Labute approximate surface area is 122 Å². The first-order chi connectivity index (χ1) is 10.2. The molecule has 21 heavy (non-hydrogen) atoms. The maximum Gasteiger partial charge on any atom is 0.339 e. The number of hydrogen-bond donors (Lipinski definition) is 1. The fourth-order valence-corrected chi connectivity index (χ4v) is 1.99. The van der Waals surface area contributed by atoms with Crippen LogP contribution in [0.3, 0.4) is 0 Å². The number of carboxylic acids is 1. The number of carbonyl (C=O) groups is 1. The Hall–Kier alpha value is -2.69. The van der Waals surface area contributed by atoms with Crippen LogP contribution >= 0.6 is 0 Å². The van der Waals surface area contributed by atoms with Gasteiger partial charge < -0.3 is 19.3 Å². The fraction of sp³-hybridized carbons (Fsp3) is 0.188. The van der Waals surface area contributed by atoms with Crippen molar-refractivity contribution in [2.45, 2.75) is 6.61 Å². The van der Waals surface area contributed by atoms with E-state index in [1.807, 2.05) is 12.1 Å². The standard InChI is InChI=1S/C16H16O5/c1-19-14-9-5-6-11(15(14)20-2)10-21-13-8-4-3-7-12(13)16(17)18/h3-9H,10H2,1-2H3,(H,17,18). The average Bonchev–Trinajstić information content (AvgIpc) is 2.52. The predicted octanol–water partition coefficient (Wildman–Crippen LogP) is 2.98. The molecule has 0 radical (unpaired) electrons. The van der Waals surface area contributed by atoms with Crippen LogP contribution in [0, 0.1) is 0 Å². The molecule has 0 atom stereocenters. The Morgan fingerprint density at radius 3 is 2.38 bits per heavy atom. The van der Waals surface area contributed by atoms with Gasteiger partial charge in [0.1, 0.15) is 17.9 Å². The van der Waals surface area contributed by atoms with Crippen molar-refractivity contribution in [2.24, 2.45) is 0 Å². The molecule has 0 aliphatic heterocycles. The summed E-state index contributed by atoms with van der Waals surface area (Å²) in [5, 5.41) is 9.12. The van der Waals surface area contributed by atoms with Gasteiger partial charge in [-0.3, -0.25) is 0 Å². The van der Waals surface area contributed by atoms with E-state index in [0.717, 1.165) is 5.56 Å². The lowest BCUT2D eigenvalue weighted by Crippen LogP contribution is -2.04. The van der Waals surface area contributed by atoms with Crippen LogP contribution in [0.5, 0.6) is 17.2 Å². The maximum atomic E-state index is 11.1. The van der Waals surface area contributed by atoms with Gasteiger partial charge in [-0.05, 0) is 18.2 Å². The van der Waals surface area contributed by atoms with Crippen molar-refractivity contribution in [1.82, 2.24) is 0 Å². The SMILES string of the molecule is COc1cccc(COc2ccccc2C(=O)O)c1OC. The van der Waals surface area contributed by atoms with E-state index in [1.165, 1.54) is 6.07 Å².